The zero-order valence-electron chi connectivity index (χ0n) is 27.9. The average Bonchev–Trinajstić information content (AvgIpc) is 3.78. The number of carbonyl (C=O) groups is 2. The van der Waals surface area contributed by atoms with E-state index in [0.717, 1.165) is 52.8 Å². The summed E-state index contributed by atoms with van der Waals surface area (Å²) in [7, 11) is 0. The van der Waals surface area contributed by atoms with Gasteiger partial charge < -0.3 is 9.47 Å². The van der Waals surface area contributed by atoms with Gasteiger partial charge in [0.15, 0.2) is 11.4 Å². The molecule has 0 saturated heterocycles. The molecule has 1 N–H and O–H groups in total. The molecule has 11 nitrogen and oxygen atoms in total. The monoisotopic (exact) mass is 660 g/mol. The molecule has 3 aliphatic rings. The Kier molecular flexibility index (Phi) is 8.99. The van der Waals surface area contributed by atoms with Crippen LogP contribution in [-0.2, 0) is 27.9 Å². The van der Waals surface area contributed by atoms with Crippen molar-refractivity contribution >= 4 is 11.9 Å². The fourth-order valence-corrected chi connectivity index (χ4v) is 7.56. The number of nitrogens with one attached hydrogen (secondary N) is 1. The normalized spacial score (nSPS) is 17.9. The van der Waals surface area contributed by atoms with Crippen LogP contribution < -0.4 is 10.3 Å². The fourth-order valence-electron chi connectivity index (χ4n) is 7.56. The van der Waals surface area contributed by atoms with E-state index < -0.39 is 17.5 Å². The summed E-state index contributed by atoms with van der Waals surface area (Å²) in [5.74, 6) is -0.224. The minimum atomic E-state index is -1.04. The van der Waals surface area contributed by atoms with Gasteiger partial charge in [-0.3, -0.25) is 9.48 Å². The first-order chi connectivity index (χ1) is 23.9. The molecule has 1 fully saturated rings. The van der Waals surface area contributed by atoms with Crippen LogP contribution >= 0.6 is 0 Å². The maximum absolute atomic E-state index is 14.4. The van der Waals surface area contributed by atoms with Gasteiger partial charge in [0.25, 0.3) is 5.56 Å². The second-order valence-corrected chi connectivity index (χ2v) is 12.9. The Balaban J connectivity index is 1.25. The maximum atomic E-state index is 14.4. The van der Waals surface area contributed by atoms with Crippen molar-refractivity contribution in [3.8, 4) is 28.3 Å². The third-order valence-corrected chi connectivity index (χ3v) is 9.97. The van der Waals surface area contributed by atoms with Gasteiger partial charge in [0.05, 0.1) is 12.6 Å². The molecule has 0 spiro atoms. The number of hydrogen-bond acceptors (Lipinski definition) is 8. The Morgan fingerprint density at radius 1 is 0.939 bits per heavy atom. The Bertz CT molecular complexity index is 2020. The number of tetrazole rings is 1. The third kappa shape index (κ3) is 5.87. The van der Waals surface area contributed by atoms with Crippen LogP contribution in [0.1, 0.15) is 92.0 Å². The zero-order chi connectivity index (χ0) is 34.0. The van der Waals surface area contributed by atoms with E-state index in [1.54, 1.807) is 31.2 Å². The van der Waals surface area contributed by atoms with E-state index in [1.165, 1.54) is 0 Å². The quantitative estimate of drug-likeness (QED) is 0.0920. The molecule has 49 heavy (non-hydrogen) atoms. The van der Waals surface area contributed by atoms with E-state index in [4.69, 9.17) is 9.47 Å². The number of aromatic amines is 1. The van der Waals surface area contributed by atoms with Crippen LogP contribution in [0.5, 0.6) is 5.75 Å². The number of para-hydroxylation sites is 1. The molecule has 0 radical (unpaired) electrons. The van der Waals surface area contributed by atoms with Crippen LogP contribution in [0.2, 0.25) is 0 Å². The predicted molar refractivity (Wildman–Crippen MR) is 183 cm³/mol. The number of fused-ring (bicyclic) bond motifs is 2. The minimum absolute atomic E-state index is 0.0251. The number of carbonyl (C=O) groups excluding carboxylic acids is 2. The summed E-state index contributed by atoms with van der Waals surface area (Å²) in [5, 5.41) is 14.4. The van der Waals surface area contributed by atoms with Crippen LogP contribution in [0.25, 0.3) is 22.5 Å². The number of benzene rings is 3. The SMILES string of the molecule is CCCCCc1c(Cc2ccc(-c3ccccc3-c3nnn[nH]3)cc2)c(=O)n2n1C1(C(=O)Oc3ccccc3C(=O)OCC)CCC2CC1. The van der Waals surface area contributed by atoms with Gasteiger partial charge in [0.2, 0.25) is 0 Å². The molecule has 2 aromatic heterocycles. The van der Waals surface area contributed by atoms with Crippen LogP contribution in [0.4, 0.5) is 0 Å². The van der Waals surface area contributed by atoms with E-state index in [-0.39, 0.29) is 29.5 Å². The highest BCUT2D eigenvalue weighted by atomic mass is 16.6. The van der Waals surface area contributed by atoms with Gasteiger partial charge in [-0.2, -0.15) is 0 Å². The van der Waals surface area contributed by atoms with Crippen molar-refractivity contribution < 1.29 is 19.1 Å². The lowest BCUT2D eigenvalue weighted by Crippen LogP contribution is -2.56. The lowest BCUT2D eigenvalue weighted by Gasteiger charge is -2.47. The van der Waals surface area contributed by atoms with Gasteiger partial charge in [-0.15, -0.1) is 5.10 Å². The van der Waals surface area contributed by atoms with Gasteiger partial charge in [0.1, 0.15) is 11.3 Å². The van der Waals surface area contributed by atoms with E-state index >= 15 is 0 Å². The summed E-state index contributed by atoms with van der Waals surface area (Å²) >= 11 is 0. The molecule has 4 heterocycles. The first-order valence-electron chi connectivity index (χ1n) is 17.2. The highest BCUT2D eigenvalue weighted by molar-refractivity contribution is 5.94. The molecule has 2 bridgehead atoms. The molecule has 3 aromatic carbocycles. The summed E-state index contributed by atoms with van der Waals surface area (Å²) in [6, 6.07) is 22.9. The molecular weight excluding hydrogens is 620 g/mol. The highest BCUT2D eigenvalue weighted by Gasteiger charge is 2.53. The summed E-state index contributed by atoms with van der Waals surface area (Å²) in [6.07, 6.45) is 6.65. The molecule has 1 aliphatic carbocycles. The molecule has 0 atom stereocenters. The number of nitrogens with zero attached hydrogens (tertiary/aromatic N) is 5. The fraction of sp³-hybridized carbons (Fsp3) is 0.368. The van der Waals surface area contributed by atoms with Gasteiger partial charge in [-0.25, -0.2) is 19.4 Å². The Labute approximate surface area is 284 Å². The number of ether oxygens (including phenoxy) is 2. The summed E-state index contributed by atoms with van der Waals surface area (Å²) in [4.78, 5) is 41.4. The average molecular weight is 661 g/mol. The third-order valence-electron chi connectivity index (χ3n) is 9.97. The predicted octanol–water partition coefficient (Wildman–Crippen LogP) is 6.43. The van der Waals surface area contributed by atoms with Crippen LogP contribution in [0.15, 0.2) is 77.6 Å². The number of hydrogen-bond donors (Lipinski definition) is 1. The highest BCUT2D eigenvalue weighted by Crippen LogP contribution is 2.47. The van der Waals surface area contributed by atoms with Gasteiger partial charge >= 0.3 is 11.9 Å². The summed E-state index contributed by atoms with van der Waals surface area (Å²) < 4.78 is 15.2. The molecule has 8 rings (SSSR count). The first kappa shape index (κ1) is 32.2. The number of esters is 2. The van der Waals surface area contributed by atoms with Crippen molar-refractivity contribution in [1.82, 2.24) is 30.0 Å². The van der Waals surface area contributed by atoms with Gasteiger partial charge in [0, 0.05) is 23.2 Å². The molecule has 252 valence electrons. The molecule has 0 amide bonds. The topological polar surface area (TPSA) is 134 Å². The number of unbranched alkanes of at least 4 members (excludes halogenated alkanes) is 2. The minimum Gasteiger partial charge on any atom is -0.462 e. The zero-order valence-corrected chi connectivity index (χ0v) is 27.9. The lowest BCUT2D eigenvalue weighted by atomic mass is 9.77. The van der Waals surface area contributed by atoms with Gasteiger partial charge in [-0.1, -0.05) is 80.4 Å². The first-order valence-corrected chi connectivity index (χ1v) is 17.2. The van der Waals surface area contributed by atoms with Crippen molar-refractivity contribution in [3.05, 3.63) is 106 Å². The Morgan fingerprint density at radius 2 is 1.67 bits per heavy atom. The smallest absolute Gasteiger partial charge is 0.341 e. The van der Waals surface area contributed by atoms with E-state index in [1.807, 2.05) is 33.6 Å². The standard InChI is InChI=1S/C38H40N6O5/c1-3-5-6-14-32-31(24-25-16-18-26(19-17-25)28-11-7-8-12-29(28)34-39-41-42-40-34)35(45)43-27-20-22-38(23-21-27,44(32)43)37(47)49-33-15-10-9-13-30(33)36(46)48-4-2/h7-13,15-19,27H,3-6,14,20-24H2,1-2H3,(H,39,40,41,42). The number of aromatic nitrogens is 6. The Hall–Kier alpha value is -5.32. The van der Waals surface area contributed by atoms with Gasteiger partial charge in [-0.05, 0) is 84.7 Å². The molecule has 2 aliphatic heterocycles. The summed E-state index contributed by atoms with van der Waals surface area (Å²) in [6.45, 7) is 4.10. The van der Waals surface area contributed by atoms with E-state index in [2.05, 4.69) is 51.8 Å². The van der Waals surface area contributed by atoms with Crippen LogP contribution in [0, 0.1) is 0 Å². The van der Waals surface area contributed by atoms with Crippen molar-refractivity contribution in [1.29, 1.82) is 0 Å². The van der Waals surface area contributed by atoms with Crippen molar-refractivity contribution in [2.75, 3.05) is 6.61 Å². The number of H-pyrrole nitrogens is 1. The molecule has 11 heteroatoms. The number of rotatable bonds is 12. The second-order valence-electron chi connectivity index (χ2n) is 12.9. The van der Waals surface area contributed by atoms with Crippen molar-refractivity contribution in [2.24, 2.45) is 0 Å². The molecule has 5 aromatic rings. The molecular formula is C38H40N6O5. The summed E-state index contributed by atoms with van der Waals surface area (Å²) in [5.41, 5.74) is 4.67. The van der Waals surface area contributed by atoms with Crippen molar-refractivity contribution in [2.45, 2.75) is 83.2 Å². The van der Waals surface area contributed by atoms with Crippen LogP contribution in [0.3, 0.4) is 0 Å². The lowest BCUT2D eigenvalue weighted by molar-refractivity contribution is -0.152. The Morgan fingerprint density at radius 3 is 2.39 bits per heavy atom. The largest absolute Gasteiger partial charge is 0.462 e. The van der Waals surface area contributed by atoms with E-state index in [9.17, 15) is 14.4 Å². The molecule has 1 saturated carbocycles. The van der Waals surface area contributed by atoms with E-state index in [0.29, 0.717) is 44.3 Å². The second kappa shape index (κ2) is 13.7. The van der Waals surface area contributed by atoms with Crippen LogP contribution in [-0.4, -0.2) is 48.5 Å². The van der Waals surface area contributed by atoms with Crippen molar-refractivity contribution in [3.63, 3.8) is 0 Å². The molecule has 0 unspecified atom stereocenters. The maximum Gasteiger partial charge on any atom is 0.341 e.